The van der Waals surface area contributed by atoms with Gasteiger partial charge in [0, 0.05) is 36.6 Å². The van der Waals surface area contributed by atoms with Crippen molar-refractivity contribution in [3.05, 3.63) is 59.3 Å². The number of nitriles is 1. The number of hydrogen-bond donors (Lipinski definition) is 1. The highest BCUT2D eigenvalue weighted by Crippen LogP contribution is 2.34. The third-order valence-electron chi connectivity index (χ3n) is 6.08. The van der Waals surface area contributed by atoms with E-state index in [0.717, 1.165) is 40.8 Å². The Morgan fingerprint density at radius 2 is 2.03 bits per heavy atom. The highest BCUT2D eigenvalue weighted by molar-refractivity contribution is 5.93. The molecule has 0 radical (unpaired) electrons. The molecule has 6 rings (SSSR count). The second-order valence-corrected chi connectivity index (χ2v) is 7.98. The zero-order chi connectivity index (χ0) is 20.0. The molecule has 0 saturated carbocycles. The number of rotatable bonds is 4. The molecule has 4 heterocycles. The second kappa shape index (κ2) is 7.02. The Balaban J connectivity index is 1.47. The van der Waals surface area contributed by atoms with Crippen LogP contribution in [0, 0.1) is 18.3 Å². The molecule has 1 aromatic heterocycles. The fraction of sp³-hybridized carbons (Fsp3) is 0.348. The van der Waals surface area contributed by atoms with Crippen molar-refractivity contribution in [2.45, 2.75) is 38.5 Å². The SMILES string of the molecule is Cc1c(C#N)cccc1[C@@H](C)Nc1cnnc2ccc(N3CC4CC(C3)O4)cc12. The van der Waals surface area contributed by atoms with E-state index in [-0.39, 0.29) is 6.04 Å². The van der Waals surface area contributed by atoms with Crippen LogP contribution in [0.15, 0.2) is 42.6 Å². The Kier molecular flexibility index (Phi) is 4.33. The van der Waals surface area contributed by atoms with Gasteiger partial charge in [0.25, 0.3) is 0 Å². The molecular weight excluding hydrogens is 362 g/mol. The van der Waals surface area contributed by atoms with Crippen molar-refractivity contribution in [2.75, 3.05) is 23.3 Å². The van der Waals surface area contributed by atoms with Crippen LogP contribution < -0.4 is 10.2 Å². The van der Waals surface area contributed by atoms with Crippen molar-refractivity contribution in [3.63, 3.8) is 0 Å². The second-order valence-electron chi connectivity index (χ2n) is 7.98. The van der Waals surface area contributed by atoms with Gasteiger partial charge in [-0.25, -0.2) is 0 Å². The molecule has 2 unspecified atom stereocenters. The van der Waals surface area contributed by atoms with Gasteiger partial charge in [-0.2, -0.15) is 15.5 Å². The van der Waals surface area contributed by atoms with Gasteiger partial charge in [-0.15, -0.1) is 0 Å². The summed E-state index contributed by atoms with van der Waals surface area (Å²) in [5, 5.41) is 22.4. The van der Waals surface area contributed by atoms with Crippen molar-refractivity contribution >= 4 is 22.3 Å². The first-order chi connectivity index (χ1) is 14.1. The third kappa shape index (κ3) is 3.18. The lowest BCUT2D eigenvalue weighted by Gasteiger charge is -2.48. The molecule has 3 aromatic rings. The van der Waals surface area contributed by atoms with Crippen LogP contribution in [0.3, 0.4) is 0 Å². The number of piperidine rings is 1. The van der Waals surface area contributed by atoms with Crippen molar-refractivity contribution in [2.24, 2.45) is 0 Å². The van der Waals surface area contributed by atoms with E-state index in [2.05, 4.69) is 51.6 Å². The van der Waals surface area contributed by atoms with Gasteiger partial charge in [0.1, 0.15) is 0 Å². The predicted octanol–water partition coefficient (Wildman–Crippen LogP) is 3.96. The fourth-order valence-electron chi connectivity index (χ4n) is 4.48. The lowest BCUT2D eigenvalue weighted by Crippen LogP contribution is -2.57. The van der Waals surface area contributed by atoms with E-state index < -0.39 is 0 Å². The maximum atomic E-state index is 9.33. The zero-order valence-electron chi connectivity index (χ0n) is 16.6. The average molecular weight is 385 g/mol. The normalized spacial score (nSPS) is 21.3. The molecule has 3 aliphatic heterocycles. The van der Waals surface area contributed by atoms with Crippen molar-refractivity contribution in [3.8, 4) is 6.07 Å². The molecule has 3 fully saturated rings. The third-order valence-corrected chi connectivity index (χ3v) is 6.08. The van der Waals surface area contributed by atoms with Gasteiger partial charge in [-0.1, -0.05) is 12.1 Å². The minimum atomic E-state index is 0.0374. The van der Waals surface area contributed by atoms with Gasteiger partial charge in [0.05, 0.1) is 41.2 Å². The van der Waals surface area contributed by atoms with Crippen LogP contribution in [-0.4, -0.2) is 35.5 Å². The predicted molar refractivity (Wildman–Crippen MR) is 113 cm³/mol. The van der Waals surface area contributed by atoms with Gasteiger partial charge in [0.2, 0.25) is 0 Å². The first-order valence-electron chi connectivity index (χ1n) is 10.0. The van der Waals surface area contributed by atoms with E-state index in [1.165, 1.54) is 12.1 Å². The molecule has 2 aromatic carbocycles. The highest BCUT2D eigenvalue weighted by Gasteiger charge is 2.38. The van der Waals surface area contributed by atoms with Crippen LogP contribution in [-0.2, 0) is 4.74 Å². The van der Waals surface area contributed by atoms with Crippen LogP contribution in [0.5, 0.6) is 0 Å². The molecule has 146 valence electrons. The summed E-state index contributed by atoms with van der Waals surface area (Å²) >= 11 is 0. The van der Waals surface area contributed by atoms with Crippen LogP contribution in [0.2, 0.25) is 0 Å². The largest absolute Gasteiger partial charge is 0.377 e. The van der Waals surface area contributed by atoms with Gasteiger partial charge in [-0.05, 0) is 49.2 Å². The lowest BCUT2D eigenvalue weighted by atomic mass is 9.97. The van der Waals surface area contributed by atoms with E-state index in [9.17, 15) is 5.26 Å². The average Bonchev–Trinajstić information content (AvgIpc) is 2.73. The van der Waals surface area contributed by atoms with Crippen LogP contribution in [0.1, 0.15) is 36.1 Å². The number of aromatic nitrogens is 2. The summed E-state index contributed by atoms with van der Waals surface area (Å²) in [6, 6.07) is 14.5. The molecule has 6 heteroatoms. The summed E-state index contributed by atoms with van der Waals surface area (Å²) in [7, 11) is 0. The van der Waals surface area contributed by atoms with Crippen molar-refractivity contribution < 1.29 is 4.74 Å². The Morgan fingerprint density at radius 1 is 1.24 bits per heavy atom. The molecule has 29 heavy (non-hydrogen) atoms. The number of fused-ring (bicyclic) bond motifs is 3. The molecule has 6 nitrogen and oxygen atoms in total. The standard InChI is InChI=1S/C23H23N5O/c1-14-16(10-24)4-3-5-20(14)15(2)26-23-11-25-27-22-7-6-17(8-21(22)23)28-12-18-9-19(13-28)29-18/h3-8,11,15,18-19H,9,12-13H2,1-2H3,(H,26,27)/t15-,18?,19?/m1/s1. The van der Waals surface area contributed by atoms with Gasteiger partial charge in [-0.3, -0.25) is 0 Å². The molecule has 0 aliphatic carbocycles. The molecular formula is C23H23N5O. The van der Waals surface area contributed by atoms with Crippen LogP contribution in [0.4, 0.5) is 11.4 Å². The number of nitrogens with one attached hydrogen (secondary N) is 1. The Morgan fingerprint density at radius 3 is 2.79 bits per heavy atom. The highest BCUT2D eigenvalue weighted by atomic mass is 16.5. The van der Waals surface area contributed by atoms with Crippen molar-refractivity contribution in [1.29, 1.82) is 5.26 Å². The fourth-order valence-corrected chi connectivity index (χ4v) is 4.48. The van der Waals surface area contributed by atoms with Crippen molar-refractivity contribution in [1.82, 2.24) is 10.2 Å². The number of nitrogens with zero attached hydrogens (tertiary/aromatic N) is 4. The number of anilines is 2. The Hall–Kier alpha value is -3.17. The summed E-state index contributed by atoms with van der Waals surface area (Å²) < 4.78 is 5.77. The summed E-state index contributed by atoms with van der Waals surface area (Å²) in [5.74, 6) is 0. The number of ether oxygens (including phenoxy) is 1. The summed E-state index contributed by atoms with van der Waals surface area (Å²) in [5.41, 5.74) is 5.84. The van der Waals surface area contributed by atoms with Crippen LogP contribution >= 0.6 is 0 Å². The summed E-state index contributed by atoms with van der Waals surface area (Å²) in [4.78, 5) is 2.40. The molecule has 3 saturated heterocycles. The Labute approximate surface area is 170 Å². The monoisotopic (exact) mass is 385 g/mol. The van der Waals surface area contributed by atoms with E-state index >= 15 is 0 Å². The minimum Gasteiger partial charge on any atom is -0.377 e. The van der Waals surface area contributed by atoms with E-state index in [0.29, 0.717) is 17.8 Å². The lowest BCUT2D eigenvalue weighted by molar-refractivity contribution is -0.133. The van der Waals surface area contributed by atoms with Gasteiger partial charge in [0.15, 0.2) is 0 Å². The van der Waals surface area contributed by atoms with Gasteiger partial charge < -0.3 is 15.0 Å². The molecule has 1 N–H and O–H groups in total. The number of benzene rings is 2. The van der Waals surface area contributed by atoms with Gasteiger partial charge >= 0.3 is 0 Å². The first kappa shape index (κ1) is 17.9. The van der Waals surface area contributed by atoms with Crippen LogP contribution in [0.25, 0.3) is 10.9 Å². The zero-order valence-corrected chi connectivity index (χ0v) is 16.6. The first-order valence-corrected chi connectivity index (χ1v) is 10.0. The van der Waals surface area contributed by atoms with E-state index in [4.69, 9.17) is 4.74 Å². The molecule has 0 amide bonds. The summed E-state index contributed by atoms with van der Waals surface area (Å²) in [6.45, 7) is 5.99. The molecule has 0 spiro atoms. The summed E-state index contributed by atoms with van der Waals surface area (Å²) in [6.07, 6.45) is 3.70. The maximum absolute atomic E-state index is 9.33. The smallest absolute Gasteiger partial charge is 0.0994 e. The maximum Gasteiger partial charge on any atom is 0.0994 e. The Bertz CT molecular complexity index is 1110. The minimum absolute atomic E-state index is 0.0374. The quantitative estimate of drug-likeness (QED) is 0.733. The number of morpholine rings is 1. The topological polar surface area (TPSA) is 74.1 Å². The van der Waals surface area contributed by atoms with E-state index in [1.807, 2.05) is 25.1 Å². The van der Waals surface area contributed by atoms with E-state index in [1.54, 1.807) is 6.20 Å². The number of hydrogen-bond acceptors (Lipinski definition) is 6. The molecule has 3 aliphatic rings. The molecule has 2 bridgehead atoms. The molecule has 3 atom stereocenters.